The molecule has 5 rings (SSSR count). The number of hydrogen-bond donors (Lipinski definition) is 1. The third kappa shape index (κ3) is 2.72. The number of carbonyl (C=O) groups excluding carboxylic acids is 1. The van der Waals surface area contributed by atoms with Crippen LogP contribution in [-0.4, -0.2) is 10.9 Å². The zero-order valence-corrected chi connectivity index (χ0v) is 16.3. The molecule has 6 heteroatoms. The second-order valence-corrected chi connectivity index (χ2v) is 8.00. The van der Waals surface area contributed by atoms with Crippen LogP contribution in [0.4, 0.5) is 5.69 Å². The first-order valence-electron chi connectivity index (χ1n) is 9.87. The number of nitro groups is 1. The third-order valence-electron chi connectivity index (χ3n) is 6.35. The minimum atomic E-state index is -0.626. The Morgan fingerprint density at radius 3 is 2.30 bits per heavy atom. The average Bonchev–Trinajstić information content (AvgIpc) is 3.09. The molecule has 0 bridgehead atoms. The van der Waals surface area contributed by atoms with Gasteiger partial charge in [0, 0.05) is 29.7 Å². The topological polar surface area (TPSA) is 81.5 Å². The number of nitrogens with one attached hydrogen (secondary N) is 1. The summed E-state index contributed by atoms with van der Waals surface area (Å²) >= 11 is 0. The van der Waals surface area contributed by atoms with Crippen LogP contribution in [0.3, 0.4) is 0 Å². The lowest BCUT2D eigenvalue weighted by atomic mass is 9.71. The van der Waals surface area contributed by atoms with E-state index < -0.39 is 16.4 Å². The smallest absolute Gasteiger partial charge is 0.317 e. The van der Waals surface area contributed by atoms with Crippen molar-refractivity contribution in [2.75, 3.05) is 0 Å². The number of rotatable bonds is 3. The highest BCUT2D eigenvalue weighted by Gasteiger charge is 2.59. The molecule has 2 aliphatic heterocycles. The largest absolute Gasteiger partial charge is 0.426 e. The van der Waals surface area contributed by atoms with Crippen LogP contribution < -0.4 is 10.1 Å². The second-order valence-electron chi connectivity index (χ2n) is 8.00. The predicted molar refractivity (Wildman–Crippen MR) is 111 cm³/mol. The van der Waals surface area contributed by atoms with Crippen molar-refractivity contribution in [3.05, 3.63) is 106 Å². The Bertz CT molecular complexity index is 1130. The molecule has 3 aromatic rings. The number of benzene rings is 3. The molecule has 4 atom stereocenters. The summed E-state index contributed by atoms with van der Waals surface area (Å²) < 4.78 is 5.73. The van der Waals surface area contributed by atoms with Gasteiger partial charge in [0.1, 0.15) is 5.75 Å². The molecule has 6 nitrogen and oxygen atoms in total. The summed E-state index contributed by atoms with van der Waals surface area (Å²) in [4.78, 5) is 23.9. The van der Waals surface area contributed by atoms with Gasteiger partial charge < -0.3 is 4.74 Å². The molecule has 0 unspecified atom stereocenters. The molecule has 0 aliphatic carbocycles. The van der Waals surface area contributed by atoms with E-state index in [1.54, 1.807) is 12.1 Å². The average molecular weight is 400 g/mol. The van der Waals surface area contributed by atoms with Crippen LogP contribution in [0.15, 0.2) is 78.9 Å². The van der Waals surface area contributed by atoms with Crippen LogP contribution in [0.1, 0.15) is 35.6 Å². The number of esters is 1. The van der Waals surface area contributed by atoms with Gasteiger partial charge in [0.05, 0.1) is 16.4 Å². The molecule has 1 saturated heterocycles. The van der Waals surface area contributed by atoms with Gasteiger partial charge in [-0.05, 0) is 24.1 Å². The van der Waals surface area contributed by atoms with E-state index in [9.17, 15) is 14.9 Å². The lowest BCUT2D eigenvalue weighted by molar-refractivity contribution is -0.384. The fourth-order valence-corrected chi connectivity index (χ4v) is 4.99. The van der Waals surface area contributed by atoms with Crippen molar-refractivity contribution < 1.29 is 14.5 Å². The van der Waals surface area contributed by atoms with E-state index >= 15 is 0 Å². The normalized spacial score (nSPS) is 27.1. The lowest BCUT2D eigenvalue weighted by Crippen LogP contribution is -2.47. The molecule has 0 spiro atoms. The molecular weight excluding hydrogens is 380 g/mol. The van der Waals surface area contributed by atoms with Crippen LogP contribution in [0, 0.1) is 16.0 Å². The molecule has 0 amide bonds. The van der Waals surface area contributed by atoms with Crippen LogP contribution in [0.2, 0.25) is 0 Å². The van der Waals surface area contributed by atoms with Crippen molar-refractivity contribution in [1.29, 1.82) is 0 Å². The van der Waals surface area contributed by atoms with E-state index in [0.717, 1.165) is 16.7 Å². The molecule has 1 fully saturated rings. The standard InChI is InChI=1S/C24H20N2O4/c1-24-18-9-5-6-10-19(18)30-23(27)21(24)20(15-7-3-2-4-8-15)22(25-24)16-11-13-17(14-12-16)26(28)29/h2-14,20-22,25H,1H3/t20-,21+,22+,24-/m1/s1. The Kier molecular flexibility index (Phi) is 4.18. The Balaban J connectivity index is 1.67. The van der Waals surface area contributed by atoms with E-state index in [4.69, 9.17) is 4.74 Å². The van der Waals surface area contributed by atoms with Gasteiger partial charge in [-0.15, -0.1) is 0 Å². The molecule has 0 saturated carbocycles. The summed E-state index contributed by atoms with van der Waals surface area (Å²) in [7, 11) is 0. The lowest BCUT2D eigenvalue weighted by Gasteiger charge is -2.37. The highest BCUT2D eigenvalue weighted by atomic mass is 16.6. The number of carbonyl (C=O) groups is 1. The van der Waals surface area contributed by atoms with Gasteiger partial charge in [-0.1, -0.05) is 60.7 Å². The molecule has 0 aromatic heterocycles. The SMILES string of the molecule is C[C@]12N[C@@H](c3ccc([N+](=O)[O-])cc3)[C@H](c3ccccc3)[C@H]1C(=O)Oc1ccccc12. The quantitative estimate of drug-likeness (QED) is 0.304. The van der Waals surface area contributed by atoms with E-state index in [2.05, 4.69) is 5.32 Å². The predicted octanol–water partition coefficient (Wildman–Crippen LogP) is 4.47. The number of non-ortho nitro benzene ring substituents is 1. The molecule has 0 radical (unpaired) electrons. The summed E-state index contributed by atoms with van der Waals surface area (Å²) in [5, 5.41) is 14.8. The van der Waals surface area contributed by atoms with E-state index in [1.165, 1.54) is 12.1 Å². The maximum Gasteiger partial charge on any atom is 0.317 e. The zero-order valence-electron chi connectivity index (χ0n) is 16.3. The van der Waals surface area contributed by atoms with Gasteiger partial charge in [-0.25, -0.2) is 0 Å². The highest BCUT2D eigenvalue weighted by molar-refractivity contribution is 5.82. The Labute approximate surface area is 173 Å². The van der Waals surface area contributed by atoms with Gasteiger partial charge in [0.2, 0.25) is 0 Å². The van der Waals surface area contributed by atoms with E-state index in [0.29, 0.717) is 5.75 Å². The van der Waals surface area contributed by atoms with Crippen LogP contribution >= 0.6 is 0 Å². The summed E-state index contributed by atoms with van der Waals surface area (Å²) in [6, 6.07) is 23.8. The van der Waals surface area contributed by atoms with Crippen molar-refractivity contribution in [1.82, 2.24) is 5.32 Å². The number of fused-ring (bicyclic) bond motifs is 3. The minimum absolute atomic E-state index is 0.0430. The number of hydrogen-bond acceptors (Lipinski definition) is 5. The first-order valence-corrected chi connectivity index (χ1v) is 9.87. The fraction of sp³-hybridized carbons (Fsp3) is 0.208. The molecule has 2 aliphatic rings. The molecule has 3 aromatic carbocycles. The van der Waals surface area contributed by atoms with Crippen molar-refractivity contribution in [2.24, 2.45) is 5.92 Å². The Morgan fingerprint density at radius 2 is 1.60 bits per heavy atom. The van der Waals surface area contributed by atoms with Crippen LogP contribution in [0.25, 0.3) is 0 Å². The summed E-state index contributed by atoms with van der Waals surface area (Å²) in [5.41, 5.74) is 2.29. The third-order valence-corrected chi connectivity index (χ3v) is 6.35. The highest BCUT2D eigenvalue weighted by Crippen LogP contribution is 2.56. The summed E-state index contributed by atoms with van der Waals surface area (Å²) in [6.07, 6.45) is 0. The first-order chi connectivity index (χ1) is 14.5. The molecule has 1 N–H and O–H groups in total. The van der Waals surface area contributed by atoms with Gasteiger partial charge >= 0.3 is 5.97 Å². The summed E-state index contributed by atoms with van der Waals surface area (Å²) in [6.45, 7) is 2.04. The number of nitro benzene ring substituents is 1. The Morgan fingerprint density at radius 1 is 0.933 bits per heavy atom. The van der Waals surface area contributed by atoms with Gasteiger partial charge in [0.15, 0.2) is 0 Å². The van der Waals surface area contributed by atoms with E-state index in [-0.39, 0.29) is 23.6 Å². The number of nitrogens with zero attached hydrogens (tertiary/aromatic N) is 1. The van der Waals surface area contributed by atoms with Gasteiger partial charge in [0.25, 0.3) is 5.69 Å². The van der Waals surface area contributed by atoms with E-state index in [1.807, 2.05) is 61.5 Å². The first kappa shape index (κ1) is 18.5. The zero-order chi connectivity index (χ0) is 20.9. The molecule has 150 valence electrons. The van der Waals surface area contributed by atoms with Crippen molar-refractivity contribution in [3.63, 3.8) is 0 Å². The van der Waals surface area contributed by atoms with Gasteiger partial charge in [-0.2, -0.15) is 0 Å². The van der Waals surface area contributed by atoms with Crippen molar-refractivity contribution in [2.45, 2.75) is 24.4 Å². The maximum atomic E-state index is 13.2. The maximum absolute atomic E-state index is 13.2. The second kappa shape index (κ2) is 6.78. The van der Waals surface area contributed by atoms with Gasteiger partial charge in [-0.3, -0.25) is 20.2 Å². The molecule has 30 heavy (non-hydrogen) atoms. The monoisotopic (exact) mass is 400 g/mol. The van der Waals surface area contributed by atoms with Crippen molar-refractivity contribution >= 4 is 11.7 Å². The minimum Gasteiger partial charge on any atom is -0.426 e. The van der Waals surface area contributed by atoms with Crippen LogP contribution in [-0.2, 0) is 10.3 Å². The summed E-state index contributed by atoms with van der Waals surface area (Å²) in [5.74, 6) is -0.305. The van der Waals surface area contributed by atoms with Crippen LogP contribution in [0.5, 0.6) is 5.75 Å². The number of para-hydroxylation sites is 1. The number of ether oxygens (including phenoxy) is 1. The molecule has 2 heterocycles. The Hall–Kier alpha value is -3.51. The van der Waals surface area contributed by atoms with Crippen molar-refractivity contribution in [3.8, 4) is 5.75 Å². The fourth-order valence-electron chi connectivity index (χ4n) is 4.99. The molecular formula is C24H20N2O4.